The van der Waals surface area contributed by atoms with Crippen LogP contribution in [0.5, 0.6) is 0 Å². The lowest BCUT2D eigenvalue weighted by Crippen LogP contribution is -2.22. The third-order valence-electron chi connectivity index (χ3n) is 4.71. The van der Waals surface area contributed by atoms with E-state index in [2.05, 4.69) is 6.07 Å². The lowest BCUT2D eigenvalue weighted by Gasteiger charge is -2.16. The van der Waals surface area contributed by atoms with Crippen LogP contribution in [0.4, 0.5) is 0 Å². The van der Waals surface area contributed by atoms with Gasteiger partial charge in [-0.25, -0.2) is 4.98 Å². The van der Waals surface area contributed by atoms with Crippen LogP contribution in [-0.2, 0) is 5.75 Å². The fourth-order valence-corrected chi connectivity index (χ4v) is 4.82. The van der Waals surface area contributed by atoms with Gasteiger partial charge in [0.1, 0.15) is 0 Å². The molecular weight excluding hydrogens is 423 g/mol. The molecule has 0 atom stereocenters. The molecule has 0 fully saturated rings. The zero-order chi connectivity index (χ0) is 20.5. The van der Waals surface area contributed by atoms with Crippen molar-refractivity contribution in [3.05, 3.63) is 97.8 Å². The molecule has 0 bridgehead atoms. The summed E-state index contributed by atoms with van der Waals surface area (Å²) in [7, 11) is 0. The normalized spacial score (nSPS) is 11.2. The highest BCUT2D eigenvalue weighted by Gasteiger charge is 2.15. The van der Waals surface area contributed by atoms with Crippen molar-refractivity contribution in [1.29, 1.82) is 0 Å². The number of rotatable bonds is 4. The van der Waals surface area contributed by atoms with Crippen LogP contribution in [0.25, 0.3) is 16.6 Å². The summed E-state index contributed by atoms with van der Waals surface area (Å²) >= 11 is 13.8. The number of benzene rings is 3. The van der Waals surface area contributed by atoms with Gasteiger partial charge in [-0.2, -0.15) is 0 Å². The number of aromatic nitrogens is 2. The van der Waals surface area contributed by atoms with Crippen LogP contribution in [0.1, 0.15) is 16.7 Å². The molecule has 0 radical (unpaired) electrons. The van der Waals surface area contributed by atoms with E-state index in [9.17, 15) is 4.79 Å². The molecule has 3 aromatic carbocycles. The summed E-state index contributed by atoms with van der Waals surface area (Å²) < 4.78 is 1.70. The molecule has 0 amide bonds. The predicted octanol–water partition coefficient (Wildman–Crippen LogP) is 6.60. The molecule has 146 valence electrons. The number of aryl methyl sites for hydroxylation is 2. The van der Waals surface area contributed by atoms with E-state index in [4.69, 9.17) is 28.2 Å². The Morgan fingerprint density at radius 2 is 1.79 bits per heavy atom. The molecule has 1 heterocycles. The lowest BCUT2D eigenvalue weighted by molar-refractivity contribution is 0.814. The first kappa shape index (κ1) is 20.0. The molecule has 6 heteroatoms. The number of thioether (sulfide) groups is 1. The number of para-hydroxylation sites is 1. The second-order valence-corrected chi connectivity index (χ2v) is 8.65. The second-order valence-electron chi connectivity index (χ2n) is 6.87. The molecule has 4 rings (SSSR count). The van der Waals surface area contributed by atoms with Gasteiger partial charge >= 0.3 is 0 Å². The molecule has 0 spiro atoms. The van der Waals surface area contributed by atoms with Crippen LogP contribution < -0.4 is 5.56 Å². The fraction of sp³-hybridized carbons (Fsp3) is 0.130. The fourth-order valence-electron chi connectivity index (χ4n) is 3.26. The molecule has 0 N–H and O–H groups in total. The van der Waals surface area contributed by atoms with E-state index >= 15 is 0 Å². The Labute approximate surface area is 183 Å². The summed E-state index contributed by atoms with van der Waals surface area (Å²) in [5.74, 6) is 0.575. The van der Waals surface area contributed by atoms with E-state index in [1.807, 2.05) is 62.4 Å². The number of hydrogen-bond donors (Lipinski definition) is 0. The highest BCUT2D eigenvalue weighted by molar-refractivity contribution is 7.98. The number of halogens is 2. The Bertz CT molecular complexity index is 1280. The molecule has 29 heavy (non-hydrogen) atoms. The topological polar surface area (TPSA) is 34.9 Å². The van der Waals surface area contributed by atoms with Crippen LogP contribution >= 0.6 is 35.0 Å². The minimum atomic E-state index is -0.0766. The zero-order valence-electron chi connectivity index (χ0n) is 15.9. The summed E-state index contributed by atoms with van der Waals surface area (Å²) in [5, 5.41) is 2.43. The minimum absolute atomic E-state index is 0.0766. The smallest absolute Gasteiger partial charge is 0.266 e. The van der Waals surface area contributed by atoms with Gasteiger partial charge in [0.05, 0.1) is 16.6 Å². The Kier molecular flexibility index (Phi) is 5.68. The van der Waals surface area contributed by atoms with Crippen LogP contribution in [0, 0.1) is 13.8 Å². The van der Waals surface area contributed by atoms with Crippen molar-refractivity contribution < 1.29 is 0 Å². The molecule has 4 aromatic rings. The average Bonchev–Trinajstić information content (AvgIpc) is 2.68. The van der Waals surface area contributed by atoms with Gasteiger partial charge in [0.15, 0.2) is 5.16 Å². The lowest BCUT2D eigenvalue weighted by atomic mass is 10.1. The first-order valence-electron chi connectivity index (χ1n) is 9.10. The zero-order valence-corrected chi connectivity index (χ0v) is 18.3. The summed E-state index contributed by atoms with van der Waals surface area (Å²) in [6, 6.07) is 18.9. The highest BCUT2D eigenvalue weighted by Crippen LogP contribution is 2.30. The van der Waals surface area contributed by atoms with E-state index in [-0.39, 0.29) is 5.56 Å². The van der Waals surface area contributed by atoms with Gasteiger partial charge in [0.2, 0.25) is 0 Å². The molecule has 0 aliphatic heterocycles. The first-order valence-corrected chi connectivity index (χ1v) is 10.8. The molecule has 0 aliphatic rings. The SMILES string of the molecule is Cc1ccc(-n2c(SCc3ccc(Cl)cc3Cl)nc3ccccc3c2=O)c(C)c1. The molecule has 0 saturated heterocycles. The Morgan fingerprint density at radius 3 is 2.55 bits per heavy atom. The second kappa shape index (κ2) is 8.23. The largest absolute Gasteiger partial charge is 0.268 e. The van der Waals surface area contributed by atoms with E-state index in [1.54, 1.807) is 10.6 Å². The molecule has 0 unspecified atom stereocenters. The van der Waals surface area contributed by atoms with Gasteiger partial charge in [-0.1, -0.05) is 70.9 Å². The Morgan fingerprint density at radius 1 is 1.00 bits per heavy atom. The molecular formula is C23H18Cl2N2OS. The summed E-state index contributed by atoms with van der Waals surface area (Å²) in [4.78, 5) is 18.2. The Hall–Kier alpha value is -2.27. The summed E-state index contributed by atoms with van der Waals surface area (Å²) in [5.41, 5.74) is 4.56. The summed E-state index contributed by atoms with van der Waals surface area (Å²) in [6.45, 7) is 4.05. The quantitative estimate of drug-likeness (QED) is 0.264. The number of hydrogen-bond acceptors (Lipinski definition) is 3. The van der Waals surface area contributed by atoms with Gasteiger partial charge < -0.3 is 0 Å². The predicted molar refractivity (Wildman–Crippen MR) is 123 cm³/mol. The molecule has 0 saturated carbocycles. The highest BCUT2D eigenvalue weighted by atomic mass is 35.5. The maximum absolute atomic E-state index is 13.4. The van der Waals surface area contributed by atoms with Crippen molar-refractivity contribution in [2.24, 2.45) is 0 Å². The van der Waals surface area contributed by atoms with Crippen LogP contribution in [0.15, 0.2) is 70.6 Å². The van der Waals surface area contributed by atoms with Crippen LogP contribution in [0.3, 0.4) is 0 Å². The van der Waals surface area contributed by atoms with Gasteiger partial charge in [-0.15, -0.1) is 0 Å². The van der Waals surface area contributed by atoms with Crippen molar-refractivity contribution in [2.45, 2.75) is 24.8 Å². The monoisotopic (exact) mass is 440 g/mol. The maximum Gasteiger partial charge on any atom is 0.266 e. The van der Waals surface area contributed by atoms with Crippen molar-refractivity contribution >= 4 is 45.9 Å². The standard InChI is InChI=1S/C23H18Cl2N2OS/c1-14-7-10-21(15(2)11-14)27-22(28)18-5-3-4-6-20(18)26-23(27)29-13-16-8-9-17(24)12-19(16)25/h3-12H,13H2,1-2H3. The third-order valence-corrected chi connectivity index (χ3v) is 6.28. The number of fused-ring (bicyclic) bond motifs is 1. The Balaban J connectivity index is 1.86. The first-order chi connectivity index (χ1) is 13.9. The van der Waals surface area contributed by atoms with Crippen LogP contribution in [0.2, 0.25) is 10.0 Å². The van der Waals surface area contributed by atoms with E-state index in [1.165, 1.54) is 11.8 Å². The van der Waals surface area contributed by atoms with Crippen molar-refractivity contribution in [2.75, 3.05) is 0 Å². The van der Waals surface area contributed by atoms with Crippen molar-refractivity contribution in [1.82, 2.24) is 9.55 Å². The van der Waals surface area contributed by atoms with E-state index in [0.717, 1.165) is 22.4 Å². The molecule has 3 nitrogen and oxygen atoms in total. The van der Waals surface area contributed by atoms with Crippen molar-refractivity contribution in [3.63, 3.8) is 0 Å². The van der Waals surface area contributed by atoms with Crippen LogP contribution in [-0.4, -0.2) is 9.55 Å². The van der Waals surface area contributed by atoms with Crippen molar-refractivity contribution in [3.8, 4) is 5.69 Å². The van der Waals surface area contributed by atoms with Gasteiger partial charge in [-0.3, -0.25) is 9.36 Å². The summed E-state index contributed by atoms with van der Waals surface area (Å²) in [6.07, 6.45) is 0. The number of nitrogens with zero attached hydrogens (tertiary/aromatic N) is 2. The van der Waals surface area contributed by atoms with Gasteiger partial charge in [0, 0.05) is 15.8 Å². The maximum atomic E-state index is 13.4. The molecule has 0 aliphatic carbocycles. The van der Waals surface area contributed by atoms with Gasteiger partial charge in [-0.05, 0) is 55.3 Å². The van der Waals surface area contributed by atoms with E-state index in [0.29, 0.717) is 31.9 Å². The van der Waals surface area contributed by atoms with E-state index < -0.39 is 0 Å². The van der Waals surface area contributed by atoms with Gasteiger partial charge in [0.25, 0.3) is 5.56 Å². The average molecular weight is 441 g/mol. The molecule has 1 aromatic heterocycles. The third kappa shape index (κ3) is 4.06. The minimum Gasteiger partial charge on any atom is -0.268 e.